The quantitative estimate of drug-likeness (QED) is 0.746. The van der Waals surface area contributed by atoms with Gasteiger partial charge in [-0.05, 0) is 49.4 Å². The van der Waals surface area contributed by atoms with Gasteiger partial charge in [0.25, 0.3) is 0 Å². The number of rotatable bonds is 2. The smallest absolute Gasteiger partial charge is 0.302 e. The lowest BCUT2D eigenvalue weighted by atomic mass is 9.45. The molecule has 1 N–H and O–H groups in total. The molecule has 1 heterocycles. The Labute approximate surface area is 177 Å². The molecule has 164 valence electrons. The molecule has 4 atom stereocenters. The predicted molar refractivity (Wildman–Crippen MR) is 111 cm³/mol. The second kappa shape index (κ2) is 6.71. The fourth-order valence-electron chi connectivity index (χ4n) is 6.34. The number of carbonyl (C=O) groups excluding carboxylic acids is 2. The molecule has 0 radical (unpaired) electrons. The Hall–Kier alpha value is -2.08. The summed E-state index contributed by atoms with van der Waals surface area (Å²) in [6.45, 7) is 11.4. The number of benzene rings is 1. The summed E-state index contributed by atoms with van der Waals surface area (Å²) in [4.78, 5) is 23.9. The molecule has 6 heteroatoms. The molecule has 0 saturated heterocycles. The number of aliphatic hydroxyl groups is 1. The molecule has 6 nitrogen and oxygen atoms in total. The zero-order valence-electron chi connectivity index (χ0n) is 18.8. The van der Waals surface area contributed by atoms with Gasteiger partial charge in [0.15, 0.2) is 0 Å². The minimum atomic E-state index is -1.25. The first kappa shape index (κ1) is 21.2. The summed E-state index contributed by atoms with van der Waals surface area (Å²) in [5.41, 5.74) is 1.79. The van der Waals surface area contributed by atoms with Gasteiger partial charge in [0.2, 0.25) is 0 Å². The Morgan fingerprint density at radius 1 is 1.07 bits per heavy atom. The summed E-state index contributed by atoms with van der Waals surface area (Å²) in [7, 11) is 0. The molecule has 0 aromatic heterocycles. The standard InChI is InChI=1S/C24H32O6/c1-13-16-7-9-24(27)22(4,5)20(29-14(2)25)12-21(30-15(3)26)23(24,6)18(16)11-19-17(13)8-10-28-19/h11,20-21,27H,7-10,12H2,1-6H3. The summed E-state index contributed by atoms with van der Waals surface area (Å²) in [6, 6.07) is 2.05. The maximum absolute atomic E-state index is 12.3. The van der Waals surface area contributed by atoms with Crippen molar-refractivity contribution in [2.24, 2.45) is 5.41 Å². The van der Waals surface area contributed by atoms with E-state index in [4.69, 9.17) is 14.2 Å². The van der Waals surface area contributed by atoms with E-state index in [0.717, 1.165) is 17.7 Å². The molecule has 1 aromatic rings. The third-order valence-corrected chi connectivity index (χ3v) is 8.13. The largest absolute Gasteiger partial charge is 0.493 e. The molecule has 1 aromatic carbocycles. The number of hydrogen-bond donors (Lipinski definition) is 1. The van der Waals surface area contributed by atoms with E-state index in [2.05, 4.69) is 6.92 Å². The van der Waals surface area contributed by atoms with Crippen molar-refractivity contribution in [1.29, 1.82) is 0 Å². The van der Waals surface area contributed by atoms with Gasteiger partial charge in [0, 0.05) is 37.7 Å². The number of fused-ring (bicyclic) bond motifs is 4. The summed E-state index contributed by atoms with van der Waals surface area (Å²) in [6.07, 6.45) is 1.24. The van der Waals surface area contributed by atoms with Crippen LogP contribution < -0.4 is 4.74 Å². The second-order valence-electron chi connectivity index (χ2n) is 9.82. The van der Waals surface area contributed by atoms with Crippen molar-refractivity contribution in [2.75, 3.05) is 6.61 Å². The Morgan fingerprint density at radius 2 is 1.70 bits per heavy atom. The molecule has 4 rings (SSSR count). The fourth-order valence-corrected chi connectivity index (χ4v) is 6.34. The van der Waals surface area contributed by atoms with Gasteiger partial charge in [0.05, 0.1) is 17.6 Å². The van der Waals surface area contributed by atoms with Crippen molar-refractivity contribution >= 4 is 11.9 Å². The summed E-state index contributed by atoms with van der Waals surface area (Å²) >= 11 is 0. The van der Waals surface area contributed by atoms with Gasteiger partial charge >= 0.3 is 11.9 Å². The molecule has 0 spiro atoms. The number of hydrogen-bond acceptors (Lipinski definition) is 6. The average molecular weight is 417 g/mol. The van der Waals surface area contributed by atoms with E-state index in [0.29, 0.717) is 25.9 Å². The minimum Gasteiger partial charge on any atom is -0.493 e. The lowest BCUT2D eigenvalue weighted by molar-refractivity contribution is -0.247. The number of carbonyl (C=O) groups is 2. The number of esters is 2. The highest BCUT2D eigenvalue weighted by Gasteiger charge is 2.69. The topological polar surface area (TPSA) is 82.1 Å². The highest BCUT2D eigenvalue weighted by molar-refractivity contribution is 5.68. The minimum absolute atomic E-state index is 0.335. The van der Waals surface area contributed by atoms with Crippen LogP contribution in [0.1, 0.15) is 69.7 Å². The van der Waals surface area contributed by atoms with Crippen LogP contribution in [0.5, 0.6) is 5.75 Å². The van der Waals surface area contributed by atoms with Gasteiger partial charge in [-0.3, -0.25) is 9.59 Å². The molecule has 1 fully saturated rings. The predicted octanol–water partition coefficient (Wildman–Crippen LogP) is 3.16. The molecule has 2 aliphatic carbocycles. The van der Waals surface area contributed by atoms with Gasteiger partial charge < -0.3 is 19.3 Å². The van der Waals surface area contributed by atoms with E-state index in [1.807, 2.05) is 26.8 Å². The van der Waals surface area contributed by atoms with Gasteiger partial charge in [-0.15, -0.1) is 0 Å². The van der Waals surface area contributed by atoms with Crippen molar-refractivity contribution in [2.45, 2.75) is 90.4 Å². The van der Waals surface area contributed by atoms with E-state index in [-0.39, 0.29) is 0 Å². The monoisotopic (exact) mass is 416 g/mol. The van der Waals surface area contributed by atoms with Crippen LogP contribution in [0, 0.1) is 12.3 Å². The van der Waals surface area contributed by atoms with E-state index in [9.17, 15) is 14.7 Å². The van der Waals surface area contributed by atoms with Crippen LogP contribution in [-0.2, 0) is 37.3 Å². The molecule has 30 heavy (non-hydrogen) atoms. The van der Waals surface area contributed by atoms with Crippen LogP contribution in [-0.4, -0.2) is 41.5 Å². The zero-order valence-corrected chi connectivity index (χ0v) is 18.8. The van der Waals surface area contributed by atoms with Crippen LogP contribution in [0.3, 0.4) is 0 Å². The van der Waals surface area contributed by atoms with Crippen molar-refractivity contribution < 1.29 is 28.9 Å². The lowest BCUT2D eigenvalue weighted by Crippen LogP contribution is -2.73. The highest BCUT2D eigenvalue weighted by atomic mass is 16.6. The fraction of sp³-hybridized carbons (Fsp3) is 0.667. The van der Waals surface area contributed by atoms with Crippen molar-refractivity contribution in [3.8, 4) is 5.75 Å². The third kappa shape index (κ3) is 2.65. The van der Waals surface area contributed by atoms with Crippen LogP contribution in [0.2, 0.25) is 0 Å². The molecule has 4 unspecified atom stereocenters. The molecule has 1 aliphatic heterocycles. The average Bonchev–Trinajstić information content (AvgIpc) is 3.11. The molecule has 3 aliphatic rings. The molecule has 0 bridgehead atoms. The SMILES string of the molecule is CC(=O)OC1CC(OC(C)=O)C2(C)c3cc4c(c(C)c3CCC2(O)C1(C)C)CCO4. The van der Waals surface area contributed by atoms with Crippen molar-refractivity contribution in [1.82, 2.24) is 0 Å². The van der Waals surface area contributed by atoms with Crippen LogP contribution in [0.25, 0.3) is 0 Å². The van der Waals surface area contributed by atoms with Gasteiger partial charge in [0.1, 0.15) is 18.0 Å². The zero-order chi connectivity index (χ0) is 22.1. The Balaban J connectivity index is 1.94. The summed E-state index contributed by atoms with van der Waals surface area (Å²) in [5.74, 6) is 0.0458. The lowest BCUT2D eigenvalue weighted by Gasteiger charge is -2.64. The molecular formula is C24H32O6. The summed E-state index contributed by atoms with van der Waals surface area (Å²) < 4.78 is 17.4. The Kier molecular flexibility index (Phi) is 4.73. The van der Waals surface area contributed by atoms with Crippen LogP contribution >= 0.6 is 0 Å². The molecule has 0 amide bonds. The van der Waals surface area contributed by atoms with Gasteiger partial charge in [-0.1, -0.05) is 13.8 Å². The summed E-state index contributed by atoms with van der Waals surface area (Å²) in [5, 5.41) is 12.3. The van der Waals surface area contributed by atoms with Crippen LogP contribution in [0.15, 0.2) is 6.07 Å². The van der Waals surface area contributed by atoms with Crippen LogP contribution in [0.4, 0.5) is 0 Å². The van der Waals surface area contributed by atoms with E-state index >= 15 is 0 Å². The second-order valence-corrected chi connectivity index (χ2v) is 9.82. The van der Waals surface area contributed by atoms with E-state index < -0.39 is 40.6 Å². The molecule has 1 saturated carbocycles. The highest BCUT2D eigenvalue weighted by Crippen LogP contribution is 2.62. The third-order valence-electron chi connectivity index (χ3n) is 8.13. The maximum atomic E-state index is 12.3. The normalized spacial score (nSPS) is 33.6. The molecular weight excluding hydrogens is 384 g/mol. The first-order chi connectivity index (χ1) is 13.9. The van der Waals surface area contributed by atoms with Gasteiger partial charge in [-0.2, -0.15) is 0 Å². The maximum Gasteiger partial charge on any atom is 0.302 e. The Morgan fingerprint density at radius 3 is 2.33 bits per heavy atom. The Bertz CT molecular complexity index is 919. The first-order valence-electron chi connectivity index (χ1n) is 10.8. The van der Waals surface area contributed by atoms with E-state index in [1.165, 1.54) is 30.5 Å². The van der Waals surface area contributed by atoms with Gasteiger partial charge in [-0.25, -0.2) is 0 Å². The first-order valence-corrected chi connectivity index (χ1v) is 10.8. The van der Waals surface area contributed by atoms with E-state index in [1.54, 1.807) is 0 Å². The van der Waals surface area contributed by atoms with Crippen molar-refractivity contribution in [3.63, 3.8) is 0 Å². The van der Waals surface area contributed by atoms with Crippen molar-refractivity contribution in [3.05, 3.63) is 28.3 Å². The number of ether oxygens (including phenoxy) is 3.